The number of carbonyl (C=O) groups excluding carboxylic acids is 1. The summed E-state index contributed by atoms with van der Waals surface area (Å²) in [4.78, 5) is 11.4. The SMILES string of the molecule is COCCNC(=O)CSCc1ccccc1Br. The van der Waals surface area contributed by atoms with Crippen molar-refractivity contribution in [1.29, 1.82) is 0 Å². The third-order valence-electron chi connectivity index (χ3n) is 2.08. The van der Waals surface area contributed by atoms with Gasteiger partial charge in [-0.2, -0.15) is 0 Å². The maximum Gasteiger partial charge on any atom is 0.230 e. The number of hydrogen-bond donors (Lipinski definition) is 1. The van der Waals surface area contributed by atoms with Crippen molar-refractivity contribution in [2.45, 2.75) is 5.75 Å². The second-order valence-corrected chi connectivity index (χ2v) is 5.27. The molecule has 3 nitrogen and oxygen atoms in total. The normalized spacial score (nSPS) is 10.2. The highest BCUT2D eigenvalue weighted by atomic mass is 79.9. The first-order valence-corrected chi connectivity index (χ1v) is 7.25. The van der Waals surface area contributed by atoms with Crippen molar-refractivity contribution in [1.82, 2.24) is 5.32 Å². The van der Waals surface area contributed by atoms with Crippen LogP contribution >= 0.6 is 27.7 Å². The second kappa shape index (κ2) is 8.55. The molecule has 0 heterocycles. The summed E-state index contributed by atoms with van der Waals surface area (Å²) in [6.07, 6.45) is 0. The molecule has 0 aliphatic carbocycles. The van der Waals surface area contributed by atoms with E-state index in [1.165, 1.54) is 5.56 Å². The zero-order valence-electron chi connectivity index (χ0n) is 9.74. The lowest BCUT2D eigenvalue weighted by Gasteiger charge is -2.05. The van der Waals surface area contributed by atoms with E-state index in [0.717, 1.165) is 10.2 Å². The van der Waals surface area contributed by atoms with Crippen LogP contribution in [0.15, 0.2) is 28.7 Å². The van der Waals surface area contributed by atoms with Gasteiger partial charge in [0.15, 0.2) is 0 Å². The minimum atomic E-state index is 0.0547. The molecule has 1 aromatic carbocycles. The quantitative estimate of drug-likeness (QED) is 0.785. The molecule has 0 atom stereocenters. The summed E-state index contributed by atoms with van der Waals surface area (Å²) in [5.41, 5.74) is 1.21. The molecule has 1 amide bonds. The van der Waals surface area contributed by atoms with Crippen LogP contribution in [0.5, 0.6) is 0 Å². The molecule has 0 saturated carbocycles. The molecule has 5 heteroatoms. The summed E-state index contributed by atoms with van der Waals surface area (Å²) in [5.74, 6) is 1.36. The van der Waals surface area contributed by atoms with E-state index in [1.54, 1.807) is 18.9 Å². The average molecular weight is 318 g/mol. The van der Waals surface area contributed by atoms with Gasteiger partial charge < -0.3 is 10.1 Å². The fraction of sp³-hybridized carbons (Fsp3) is 0.417. The fourth-order valence-electron chi connectivity index (χ4n) is 1.21. The average Bonchev–Trinajstić information content (AvgIpc) is 2.32. The van der Waals surface area contributed by atoms with Crippen molar-refractivity contribution in [3.05, 3.63) is 34.3 Å². The number of nitrogens with one attached hydrogen (secondary N) is 1. The van der Waals surface area contributed by atoms with Crippen LogP contribution in [0.25, 0.3) is 0 Å². The minimum absolute atomic E-state index is 0.0547. The third-order valence-corrected chi connectivity index (χ3v) is 3.83. The van der Waals surface area contributed by atoms with Crippen LogP contribution in [0.1, 0.15) is 5.56 Å². The highest BCUT2D eigenvalue weighted by Crippen LogP contribution is 2.20. The summed E-state index contributed by atoms with van der Waals surface area (Å²) in [5, 5.41) is 2.79. The van der Waals surface area contributed by atoms with E-state index in [9.17, 15) is 4.79 Å². The van der Waals surface area contributed by atoms with Crippen LogP contribution < -0.4 is 5.32 Å². The van der Waals surface area contributed by atoms with E-state index in [4.69, 9.17) is 4.74 Å². The Morgan fingerprint density at radius 2 is 2.24 bits per heavy atom. The number of methoxy groups -OCH3 is 1. The van der Waals surface area contributed by atoms with Crippen LogP contribution in [-0.2, 0) is 15.3 Å². The first-order chi connectivity index (χ1) is 8.24. The molecule has 0 spiro atoms. The highest BCUT2D eigenvalue weighted by Gasteiger charge is 2.03. The van der Waals surface area contributed by atoms with Crippen LogP contribution in [-0.4, -0.2) is 31.9 Å². The Bertz CT molecular complexity index is 360. The van der Waals surface area contributed by atoms with Crippen LogP contribution in [0.3, 0.4) is 0 Å². The maximum atomic E-state index is 11.4. The Hall–Kier alpha value is -0.520. The topological polar surface area (TPSA) is 38.3 Å². The van der Waals surface area contributed by atoms with Gasteiger partial charge in [-0.1, -0.05) is 34.1 Å². The van der Waals surface area contributed by atoms with E-state index in [2.05, 4.69) is 27.3 Å². The minimum Gasteiger partial charge on any atom is -0.383 e. The molecule has 0 saturated heterocycles. The van der Waals surface area contributed by atoms with Gasteiger partial charge in [-0.25, -0.2) is 0 Å². The predicted molar refractivity (Wildman–Crippen MR) is 75.2 cm³/mol. The lowest BCUT2D eigenvalue weighted by Crippen LogP contribution is -2.28. The maximum absolute atomic E-state index is 11.4. The molecule has 94 valence electrons. The van der Waals surface area contributed by atoms with Gasteiger partial charge in [-0.15, -0.1) is 11.8 Å². The number of amides is 1. The summed E-state index contributed by atoms with van der Waals surface area (Å²) in [7, 11) is 1.62. The number of thioether (sulfide) groups is 1. The van der Waals surface area contributed by atoms with Crippen molar-refractivity contribution >= 4 is 33.6 Å². The largest absolute Gasteiger partial charge is 0.383 e. The van der Waals surface area contributed by atoms with Gasteiger partial charge in [-0.3, -0.25) is 4.79 Å². The molecule has 1 aromatic rings. The molecule has 0 bridgehead atoms. The molecule has 0 radical (unpaired) electrons. The van der Waals surface area contributed by atoms with E-state index in [0.29, 0.717) is 18.9 Å². The summed E-state index contributed by atoms with van der Waals surface area (Å²) in [6.45, 7) is 1.13. The number of ether oxygens (including phenoxy) is 1. The lowest BCUT2D eigenvalue weighted by molar-refractivity contribution is -0.118. The van der Waals surface area contributed by atoms with Gasteiger partial charge in [0.1, 0.15) is 0 Å². The van der Waals surface area contributed by atoms with Gasteiger partial charge in [-0.05, 0) is 11.6 Å². The van der Waals surface area contributed by atoms with Crippen molar-refractivity contribution < 1.29 is 9.53 Å². The van der Waals surface area contributed by atoms with Gasteiger partial charge in [0, 0.05) is 23.9 Å². The molecule has 0 fully saturated rings. The molecular weight excluding hydrogens is 302 g/mol. The molecule has 0 unspecified atom stereocenters. The Labute approximate surface area is 114 Å². The Morgan fingerprint density at radius 1 is 1.47 bits per heavy atom. The molecular formula is C12H16BrNO2S. The van der Waals surface area contributed by atoms with E-state index in [-0.39, 0.29) is 5.91 Å². The standard InChI is InChI=1S/C12H16BrNO2S/c1-16-7-6-14-12(15)9-17-8-10-4-2-3-5-11(10)13/h2-5H,6-9H2,1H3,(H,14,15). The zero-order chi connectivity index (χ0) is 12.5. The van der Waals surface area contributed by atoms with Crippen molar-refractivity contribution in [3.8, 4) is 0 Å². The van der Waals surface area contributed by atoms with Crippen LogP contribution in [0, 0.1) is 0 Å². The molecule has 0 aliphatic heterocycles. The summed E-state index contributed by atoms with van der Waals surface area (Å²) >= 11 is 5.09. The first kappa shape index (κ1) is 14.5. The first-order valence-electron chi connectivity index (χ1n) is 5.31. The summed E-state index contributed by atoms with van der Waals surface area (Å²) in [6, 6.07) is 8.05. The second-order valence-electron chi connectivity index (χ2n) is 3.43. The van der Waals surface area contributed by atoms with E-state index >= 15 is 0 Å². The lowest BCUT2D eigenvalue weighted by atomic mass is 10.2. The number of benzene rings is 1. The Morgan fingerprint density at radius 3 is 2.94 bits per heavy atom. The van der Waals surface area contributed by atoms with Crippen LogP contribution in [0.4, 0.5) is 0 Å². The van der Waals surface area contributed by atoms with E-state index < -0.39 is 0 Å². The monoisotopic (exact) mass is 317 g/mol. The highest BCUT2D eigenvalue weighted by molar-refractivity contribution is 9.10. The number of rotatable bonds is 7. The third kappa shape index (κ3) is 6.10. The molecule has 17 heavy (non-hydrogen) atoms. The number of hydrogen-bond acceptors (Lipinski definition) is 3. The number of carbonyl (C=O) groups is 1. The Kier molecular flexibility index (Phi) is 7.32. The van der Waals surface area contributed by atoms with E-state index in [1.807, 2.05) is 18.2 Å². The fourth-order valence-corrected chi connectivity index (χ4v) is 2.68. The van der Waals surface area contributed by atoms with Gasteiger partial charge in [0.2, 0.25) is 5.91 Å². The number of halogens is 1. The van der Waals surface area contributed by atoms with Crippen molar-refractivity contribution in [3.63, 3.8) is 0 Å². The van der Waals surface area contributed by atoms with Gasteiger partial charge in [0.25, 0.3) is 0 Å². The predicted octanol–water partition coefficient (Wildman–Crippen LogP) is 2.44. The molecule has 1 rings (SSSR count). The van der Waals surface area contributed by atoms with Crippen LogP contribution in [0.2, 0.25) is 0 Å². The van der Waals surface area contributed by atoms with Crippen molar-refractivity contribution in [2.24, 2.45) is 0 Å². The smallest absolute Gasteiger partial charge is 0.230 e. The summed E-state index contributed by atoms with van der Waals surface area (Å²) < 4.78 is 5.94. The van der Waals surface area contributed by atoms with Gasteiger partial charge in [0.05, 0.1) is 12.4 Å². The molecule has 0 aliphatic rings. The zero-order valence-corrected chi connectivity index (χ0v) is 12.1. The molecule has 0 aromatic heterocycles. The molecule has 1 N–H and O–H groups in total. The Balaban J connectivity index is 2.19. The van der Waals surface area contributed by atoms with Crippen molar-refractivity contribution in [2.75, 3.05) is 26.0 Å². The van der Waals surface area contributed by atoms with Gasteiger partial charge >= 0.3 is 0 Å².